The third kappa shape index (κ3) is 7.64. The monoisotopic (exact) mass is 484 g/mol. The summed E-state index contributed by atoms with van der Waals surface area (Å²) >= 11 is 6.17. The summed E-state index contributed by atoms with van der Waals surface area (Å²) in [7, 11) is 0. The number of piperazine rings is 1. The van der Waals surface area contributed by atoms with Crippen molar-refractivity contribution in [1.82, 2.24) is 10.2 Å². The maximum atomic E-state index is 13.4. The van der Waals surface area contributed by atoms with E-state index in [1.165, 1.54) is 18.2 Å². The SMILES string of the molecule is C[C@H](C[C@H](O)[C@@H](N)CN1CC(=O)N(c2ccc(F)cc2Cl)CC1(C)C)C(=O)NCC(C)(C)C. The van der Waals surface area contributed by atoms with Gasteiger partial charge in [0.15, 0.2) is 0 Å². The first-order valence-electron chi connectivity index (χ1n) is 11.3. The van der Waals surface area contributed by atoms with Gasteiger partial charge in [-0.05, 0) is 43.9 Å². The van der Waals surface area contributed by atoms with Crippen LogP contribution in [0.3, 0.4) is 0 Å². The molecule has 2 amide bonds. The number of carbonyl (C=O) groups excluding carboxylic acids is 2. The van der Waals surface area contributed by atoms with Crippen LogP contribution < -0.4 is 16.0 Å². The van der Waals surface area contributed by atoms with E-state index in [0.717, 1.165) is 0 Å². The summed E-state index contributed by atoms with van der Waals surface area (Å²) in [6, 6.07) is 3.34. The van der Waals surface area contributed by atoms with Gasteiger partial charge in [0.1, 0.15) is 5.82 Å². The second-order valence-corrected chi connectivity index (χ2v) is 11.3. The predicted octanol–water partition coefficient (Wildman–Crippen LogP) is 2.78. The van der Waals surface area contributed by atoms with Gasteiger partial charge >= 0.3 is 0 Å². The second-order valence-electron chi connectivity index (χ2n) is 10.9. The summed E-state index contributed by atoms with van der Waals surface area (Å²) in [6.07, 6.45) is -0.660. The predicted molar refractivity (Wildman–Crippen MR) is 130 cm³/mol. The van der Waals surface area contributed by atoms with Gasteiger partial charge in [-0.3, -0.25) is 14.5 Å². The van der Waals surface area contributed by atoms with Gasteiger partial charge in [-0.15, -0.1) is 0 Å². The maximum Gasteiger partial charge on any atom is 0.241 e. The Morgan fingerprint density at radius 1 is 1.36 bits per heavy atom. The molecule has 0 saturated carbocycles. The molecule has 0 aromatic heterocycles. The standard InChI is InChI=1S/C24H38ClFN4O3/c1-15(22(33)28-13-23(2,3)4)9-20(31)18(27)11-29-12-21(32)30(14-24(29,5)6)19-8-7-16(26)10-17(19)25/h7-8,10,15,18,20,31H,9,11-14,27H2,1-6H3,(H,28,33)/t15-,18+,20+/m1/s1. The molecule has 2 rings (SSSR count). The van der Waals surface area contributed by atoms with Gasteiger partial charge < -0.3 is 21.1 Å². The molecule has 1 aliphatic heterocycles. The summed E-state index contributed by atoms with van der Waals surface area (Å²) in [4.78, 5) is 28.7. The molecule has 7 nitrogen and oxygen atoms in total. The van der Waals surface area contributed by atoms with Crippen LogP contribution in [0.15, 0.2) is 18.2 Å². The molecule has 3 atom stereocenters. The Hall–Kier alpha value is -1.74. The number of anilines is 1. The molecule has 4 N–H and O–H groups in total. The third-order valence-electron chi connectivity index (χ3n) is 5.99. The number of rotatable bonds is 8. The number of benzene rings is 1. The van der Waals surface area contributed by atoms with E-state index in [0.29, 0.717) is 25.3 Å². The fourth-order valence-electron chi connectivity index (χ4n) is 3.82. The van der Waals surface area contributed by atoms with Crippen LogP contribution in [0.2, 0.25) is 5.02 Å². The Balaban J connectivity index is 1.98. The van der Waals surface area contributed by atoms with Crippen LogP contribution in [-0.4, -0.2) is 65.7 Å². The summed E-state index contributed by atoms with van der Waals surface area (Å²) in [5.41, 5.74) is 6.26. The first-order chi connectivity index (χ1) is 15.1. The summed E-state index contributed by atoms with van der Waals surface area (Å²) in [5, 5.41) is 13.7. The molecule has 1 saturated heterocycles. The van der Waals surface area contributed by atoms with Gasteiger partial charge in [0, 0.05) is 37.1 Å². The summed E-state index contributed by atoms with van der Waals surface area (Å²) < 4.78 is 13.4. The number of hydrogen-bond acceptors (Lipinski definition) is 5. The van der Waals surface area contributed by atoms with Gasteiger partial charge in [0.25, 0.3) is 0 Å². The Bertz CT molecular complexity index is 859. The zero-order valence-corrected chi connectivity index (χ0v) is 21.2. The van der Waals surface area contributed by atoms with Crippen molar-refractivity contribution in [2.24, 2.45) is 17.1 Å². The lowest BCUT2D eigenvalue weighted by molar-refractivity contribution is -0.126. The molecule has 0 unspecified atom stereocenters. The van der Waals surface area contributed by atoms with E-state index in [1.54, 1.807) is 11.8 Å². The van der Waals surface area contributed by atoms with E-state index >= 15 is 0 Å². The van der Waals surface area contributed by atoms with Crippen molar-refractivity contribution in [3.8, 4) is 0 Å². The second kappa shape index (κ2) is 10.7. The molecule has 33 heavy (non-hydrogen) atoms. The van der Waals surface area contributed by atoms with E-state index < -0.39 is 23.5 Å². The Morgan fingerprint density at radius 3 is 2.58 bits per heavy atom. The van der Waals surface area contributed by atoms with Crippen LogP contribution in [0.25, 0.3) is 0 Å². The molecule has 0 bridgehead atoms. The fourth-order valence-corrected chi connectivity index (χ4v) is 4.09. The number of hydrogen-bond donors (Lipinski definition) is 3. The molecule has 9 heteroatoms. The maximum absolute atomic E-state index is 13.4. The highest BCUT2D eigenvalue weighted by atomic mass is 35.5. The fraction of sp³-hybridized carbons (Fsp3) is 0.667. The highest BCUT2D eigenvalue weighted by molar-refractivity contribution is 6.33. The van der Waals surface area contributed by atoms with Crippen molar-refractivity contribution in [1.29, 1.82) is 0 Å². The van der Waals surface area contributed by atoms with Crippen molar-refractivity contribution < 1.29 is 19.1 Å². The number of carbonyl (C=O) groups is 2. The Morgan fingerprint density at radius 2 is 2.00 bits per heavy atom. The topological polar surface area (TPSA) is 98.9 Å². The molecule has 1 heterocycles. The minimum Gasteiger partial charge on any atom is -0.391 e. The largest absolute Gasteiger partial charge is 0.391 e. The van der Waals surface area contributed by atoms with Gasteiger partial charge in [-0.1, -0.05) is 39.3 Å². The summed E-state index contributed by atoms with van der Waals surface area (Å²) in [6.45, 7) is 13.1. The van der Waals surface area contributed by atoms with Crippen molar-refractivity contribution in [3.63, 3.8) is 0 Å². The number of amides is 2. The lowest BCUT2D eigenvalue weighted by Crippen LogP contribution is -2.64. The molecular weight excluding hydrogens is 447 g/mol. The molecule has 1 fully saturated rings. The van der Waals surface area contributed by atoms with Crippen LogP contribution in [0, 0.1) is 17.2 Å². The van der Waals surface area contributed by atoms with E-state index in [-0.39, 0.29) is 41.1 Å². The van der Waals surface area contributed by atoms with Gasteiger partial charge in [-0.25, -0.2) is 4.39 Å². The number of nitrogens with two attached hydrogens (primary N) is 1. The van der Waals surface area contributed by atoms with Crippen molar-refractivity contribution in [2.45, 2.75) is 65.6 Å². The van der Waals surface area contributed by atoms with Gasteiger partial charge in [-0.2, -0.15) is 0 Å². The molecule has 1 aromatic rings. The van der Waals surface area contributed by atoms with E-state index in [4.69, 9.17) is 17.3 Å². The number of aliphatic hydroxyl groups excluding tert-OH is 1. The van der Waals surface area contributed by atoms with Crippen LogP contribution in [-0.2, 0) is 9.59 Å². The van der Waals surface area contributed by atoms with Crippen LogP contribution in [0.1, 0.15) is 48.0 Å². The van der Waals surface area contributed by atoms with E-state index in [2.05, 4.69) is 5.32 Å². The normalized spacial score (nSPS) is 19.8. The van der Waals surface area contributed by atoms with Crippen LogP contribution in [0.4, 0.5) is 10.1 Å². The summed E-state index contributed by atoms with van der Waals surface area (Å²) in [5.74, 6) is -1.15. The average molecular weight is 485 g/mol. The van der Waals surface area contributed by atoms with Crippen molar-refractivity contribution in [2.75, 3.05) is 31.1 Å². The van der Waals surface area contributed by atoms with E-state index in [1.807, 2.05) is 39.5 Å². The smallest absolute Gasteiger partial charge is 0.241 e. The minimum absolute atomic E-state index is 0.0250. The lowest BCUT2D eigenvalue weighted by Gasteiger charge is -2.47. The molecule has 186 valence electrons. The zero-order chi connectivity index (χ0) is 25.1. The van der Waals surface area contributed by atoms with Crippen molar-refractivity contribution in [3.05, 3.63) is 29.0 Å². The molecule has 1 aliphatic rings. The van der Waals surface area contributed by atoms with Crippen LogP contribution >= 0.6 is 11.6 Å². The number of nitrogens with one attached hydrogen (secondary N) is 1. The zero-order valence-electron chi connectivity index (χ0n) is 20.5. The first-order valence-corrected chi connectivity index (χ1v) is 11.7. The third-order valence-corrected chi connectivity index (χ3v) is 6.29. The minimum atomic E-state index is -0.893. The Kier molecular flexibility index (Phi) is 8.90. The van der Waals surface area contributed by atoms with Gasteiger partial charge in [0.2, 0.25) is 11.8 Å². The van der Waals surface area contributed by atoms with Crippen LogP contribution in [0.5, 0.6) is 0 Å². The molecule has 0 aliphatic carbocycles. The highest BCUT2D eigenvalue weighted by Crippen LogP contribution is 2.32. The highest BCUT2D eigenvalue weighted by Gasteiger charge is 2.40. The van der Waals surface area contributed by atoms with E-state index in [9.17, 15) is 19.1 Å². The van der Waals surface area contributed by atoms with Crippen molar-refractivity contribution >= 4 is 29.1 Å². The first kappa shape index (κ1) is 27.5. The van der Waals surface area contributed by atoms with Gasteiger partial charge in [0.05, 0.1) is 23.4 Å². The number of nitrogens with zero attached hydrogens (tertiary/aromatic N) is 2. The number of aliphatic hydroxyl groups is 1. The molecule has 0 spiro atoms. The number of halogens is 2. The Labute approximate surface area is 201 Å². The molecule has 0 radical (unpaired) electrons. The lowest BCUT2D eigenvalue weighted by atomic mass is 9.93. The molecular formula is C24H38ClFN4O3. The molecule has 1 aromatic carbocycles. The quantitative estimate of drug-likeness (QED) is 0.527. The average Bonchev–Trinajstić information content (AvgIpc) is 2.68.